The second kappa shape index (κ2) is 9.31. The van der Waals surface area contributed by atoms with E-state index in [0.29, 0.717) is 17.9 Å². The predicted octanol–water partition coefficient (Wildman–Crippen LogP) is 3.25. The Hall–Kier alpha value is -4.03. The maximum Gasteiger partial charge on any atom is 0.418 e. The van der Waals surface area contributed by atoms with Gasteiger partial charge >= 0.3 is 12.2 Å². The van der Waals surface area contributed by atoms with Crippen molar-refractivity contribution in [3.63, 3.8) is 0 Å². The van der Waals surface area contributed by atoms with Crippen molar-refractivity contribution in [3.05, 3.63) is 47.9 Å². The van der Waals surface area contributed by atoms with E-state index in [2.05, 4.69) is 21.4 Å². The summed E-state index contributed by atoms with van der Waals surface area (Å²) >= 11 is 0. The van der Waals surface area contributed by atoms with Crippen molar-refractivity contribution in [2.45, 2.75) is 43.8 Å². The Morgan fingerprint density at radius 3 is 2.51 bits per heavy atom. The van der Waals surface area contributed by atoms with Crippen LogP contribution in [0.1, 0.15) is 48.0 Å². The topological polar surface area (TPSA) is 133 Å². The van der Waals surface area contributed by atoms with E-state index < -0.39 is 53.3 Å². The van der Waals surface area contributed by atoms with Gasteiger partial charge in [0.1, 0.15) is 11.8 Å². The lowest BCUT2D eigenvalue weighted by molar-refractivity contribution is -0.139. The van der Waals surface area contributed by atoms with Crippen LogP contribution < -0.4 is 21.4 Å². The molecule has 35 heavy (non-hydrogen) atoms. The Morgan fingerprint density at radius 2 is 1.86 bits per heavy atom. The molecule has 1 saturated carbocycles. The van der Waals surface area contributed by atoms with Crippen molar-refractivity contribution in [1.82, 2.24) is 15.8 Å². The highest BCUT2D eigenvalue weighted by atomic mass is 19.4. The van der Waals surface area contributed by atoms with Gasteiger partial charge in [-0.2, -0.15) is 18.2 Å². The molecule has 4 rings (SSSR count). The number of nitrogens with zero attached hydrogens (tertiary/aromatic N) is 1. The zero-order chi connectivity index (χ0) is 25.2. The Kier molecular flexibility index (Phi) is 6.41. The normalized spacial score (nSPS) is 17.3. The second-order valence-electron chi connectivity index (χ2n) is 8.33. The van der Waals surface area contributed by atoms with Gasteiger partial charge in [-0.3, -0.25) is 19.8 Å². The number of hydrogen-bond donors (Lipinski definition) is 4. The Morgan fingerprint density at radius 1 is 1.11 bits per heavy atom. The van der Waals surface area contributed by atoms with Crippen LogP contribution in [0.15, 0.2) is 41.2 Å². The third-order valence-electron chi connectivity index (χ3n) is 5.91. The molecule has 186 valence electrons. The smallest absolute Gasteiger partial charge is 0.418 e. The van der Waals surface area contributed by atoms with E-state index in [0.717, 1.165) is 37.7 Å². The van der Waals surface area contributed by atoms with E-state index in [4.69, 9.17) is 4.42 Å². The molecule has 10 nitrogen and oxygen atoms in total. The molecule has 1 aromatic heterocycles. The van der Waals surface area contributed by atoms with E-state index in [-0.39, 0.29) is 11.3 Å². The molecule has 0 bridgehead atoms. The van der Waals surface area contributed by atoms with Gasteiger partial charge < -0.3 is 20.4 Å². The van der Waals surface area contributed by atoms with Crippen LogP contribution in [0.5, 0.6) is 0 Å². The summed E-state index contributed by atoms with van der Waals surface area (Å²) in [4.78, 5) is 49.4. The van der Waals surface area contributed by atoms with Crippen LogP contribution in [0.3, 0.4) is 0 Å². The number of hydrazine groups is 1. The summed E-state index contributed by atoms with van der Waals surface area (Å²) in [5.74, 6) is -2.12. The molecule has 2 fully saturated rings. The average molecular weight is 493 g/mol. The van der Waals surface area contributed by atoms with Crippen molar-refractivity contribution in [1.29, 1.82) is 0 Å². The molecule has 2 aromatic rings. The summed E-state index contributed by atoms with van der Waals surface area (Å²) in [6, 6.07) is 3.60. The lowest BCUT2D eigenvalue weighted by Crippen LogP contribution is -2.51. The summed E-state index contributed by atoms with van der Waals surface area (Å²) in [5.41, 5.74) is -0.414. The molecule has 1 saturated heterocycles. The summed E-state index contributed by atoms with van der Waals surface area (Å²) in [6.07, 6.45) is 0.976. The molecule has 0 unspecified atom stereocenters. The quantitative estimate of drug-likeness (QED) is 0.457. The first-order valence-corrected chi connectivity index (χ1v) is 10.8. The van der Waals surface area contributed by atoms with E-state index in [9.17, 15) is 32.3 Å². The first-order chi connectivity index (χ1) is 16.6. The van der Waals surface area contributed by atoms with Crippen LogP contribution in [-0.4, -0.2) is 40.8 Å². The van der Waals surface area contributed by atoms with Gasteiger partial charge in [0.25, 0.3) is 17.7 Å². The summed E-state index contributed by atoms with van der Waals surface area (Å²) < 4.78 is 45.6. The van der Waals surface area contributed by atoms with Gasteiger partial charge in [-0.25, -0.2) is 4.79 Å². The largest absolute Gasteiger partial charge is 0.472 e. The van der Waals surface area contributed by atoms with Gasteiger partial charge in [-0.05, 0) is 37.1 Å². The van der Waals surface area contributed by atoms with Gasteiger partial charge in [0.05, 0.1) is 23.9 Å². The number of hydrogen-bond acceptors (Lipinski definition) is 6. The van der Waals surface area contributed by atoms with Gasteiger partial charge in [0.2, 0.25) is 0 Å². The number of amides is 5. The van der Waals surface area contributed by atoms with Crippen LogP contribution in [0.2, 0.25) is 0 Å². The van der Waals surface area contributed by atoms with E-state index in [1.165, 1.54) is 18.4 Å². The number of carbonyl (C=O) groups excluding carboxylic acids is 4. The van der Waals surface area contributed by atoms with Crippen molar-refractivity contribution < 1.29 is 36.8 Å². The Bertz CT molecular complexity index is 1140. The van der Waals surface area contributed by atoms with Gasteiger partial charge in [0.15, 0.2) is 0 Å². The number of furan rings is 1. The molecule has 0 atom stereocenters. The molecule has 4 N–H and O–H groups in total. The van der Waals surface area contributed by atoms with E-state index in [1.807, 2.05) is 0 Å². The third kappa shape index (κ3) is 5.08. The standard InChI is InChI=1S/C22H22F3N5O5/c23-22(24,25)15-10-14(27-18(32)13-6-9-35-12-13)4-5-16(15)26-11-17(31)29-30-19(33)21(28-20(30)34)7-2-1-3-8-21/h4-6,9-10,12,26H,1-3,7-8,11H2,(H,27,32)(H,28,34)(H,29,31). The highest BCUT2D eigenvalue weighted by Gasteiger charge is 2.52. The fraction of sp³-hybridized carbons (Fsp3) is 0.364. The second-order valence-corrected chi connectivity index (χ2v) is 8.33. The average Bonchev–Trinajstić information content (AvgIpc) is 3.42. The molecule has 13 heteroatoms. The minimum Gasteiger partial charge on any atom is -0.472 e. The minimum absolute atomic E-state index is 0.115. The number of rotatable bonds is 6. The molecule has 5 amide bonds. The summed E-state index contributed by atoms with van der Waals surface area (Å²) in [5, 5.41) is 7.91. The fourth-order valence-electron chi connectivity index (χ4n) is 4.16. The van der Waals surface area contributed by atoms with Crippen molar-refractivity contribution in [2.24, 2.45) is 0 Å². The monoisotopic (exact) mass is 493 g/mol. The van der Waals surface area contributed by atoms with Gasteiger partial charge in [0, 0.05) is 11.4 Å². The number of imide groups is 1. The van der Waals surface area contributed by atoms with Crippen LogP contribution in [0.4, 0.5) is 29.3 Å². The van der Waals surface area contributed by atoms with E-state index >= 15 is 0 Å². The number of nitrogens with one attached hydrogen (secondary N) is 4. The number of anilines is 2. The van der Waals surface area contributed by atoms with Crippen molar-refractivity contribution in [3.8, 4) is 0 Å². The summed E-state index contributed by atoms with van der Waals surface area (Å²) in [7, 11) is 0. The Balaban J connectivity index is 1.41. The van der Waals surface area contributed by atoms with Crippen LogP contribution in [0.25, 0.3) is 0 Å². The highest BCUT2D eigenvalue weighted by Crippen LogP contribution is 2.37. The lowest BCUT2D eigenvalue weighted by atomic mass is 9.82. The molecule has 1 aromatic carbocycles. The molecular formula is C22H22F3N5O5. The zero-order valence-corrected chi connectivity index (χ0v) is 18.3. The SMILES string of the molecule is O=C(CNc1ccc(NC(=O)c2ccoc2)cc1C(F)(F)F)NN1C(=O)NC2(CCCCC2)C1=O. The highest BCUT2D eigenvalue weighted by molar-refractivity contribution is 6.08. The summed E-state index contributed by atoms with van der Waals surface area (Å²) in [6.45, 7) is -0.645. The Labute approximate surface area is 197 Å². The molecule has 0 radical (unpaired) electrons. The molecule has 2 aliphatic rings. The van der Waals surface area contributed by atoms with Gasteiger partial charge in [-0.15, -0.1) is 0 Å². The maximum absolute atomic E-state index is 13.6. The maximum atomic E-state index is 13.6. The first kappa shape index (κ1) is 24.1. The molecule has 1 aliphatic heterocycles. The molecule has 1 aliphatic carbocycles. The zero-order valence-electron chi connectivity index (χ0n) is 18.3. The fourth-order valence-corrected chi connectivity index (χ4v) is 4.16. The van der Waals surface area contributed by atoms with Crippen LogP contribution in [0, 0.1) is 0 Å². The number of urea groups is 1. The van der Waals surface area contributed by atoms with Gasteiger partial charge in [-0.1, -0.05) is 19.3 Å². The minimum atomic E-state index is -4.80. The molecule has 1 spiro atoms. The number of alkyl halides is 3. The first-order valence-electron chi connectivity index (χ1n) is 10.8. The number of carbonyl (C=O) groups is 4. The van der Waals surface area contributed by atoms with Crippen LogP contribution >= 0.6 is 0 Å². The molecule has 2 heterocycles. The number of benzene rings is 1. The number of halogens is 3. The lowest BCUT2D eigenvalue weighted by Gasteiger charge is -2.30. The third-order valence-corrected chi connectivity index (χ3v) is 5.91. The van der Waals surface area contributed by atoms with Crippen LogP contribution in [-0.2, 0) is 15.8 Å². The predicted molar refractivity (Wildman–Crippen MR) is 116 cm³/mol. The van der Waals surface area contributed by atoms with E-state index in [1.54, 1.807) is 0 Å². The molecular weight excluding hydrogens is 471 g/mol. The van der Waals surface area contributed by atoms with Crippen molar-refractivity contribution in [2.75, 3.05) is 17.2 Å². The van der Waals surface area contributed by atoms with Crippen molar-refractivity contribution >= 4 is 35.1 Å².